The van der Waals surface area contributed by atoms with Gasteiger partial charge in [0.25, 0.3) is 0 Å². The van der Waals surface area contributed by atoms with Crippen molar-refractivity contribution in [3.8, 4) is 0 Å². The summed E-state index contributed by atoms with van der Waals surface area (Å²) in [4.78, 5) is 13.8. The van der Waals surface area contributed by atoms with Gasteiger partial charge in [-0.15, -0.1) is 0 Å². The Morgan fingerprint density at radius 1 is 1.56 bits per heavy atom. The van der Waals surface area contributed by atoms with Gasteiger partial charge < -0.3 is 20.3 Å². The van der Waals surface area contributed by atoms with Crippen molar-refractivity contribution < 1.29 is 9.53 Å². The van der Waals surface area contributed by atoms with E-state index >= 15 is 0 Å². The molecule has 94 valence electrons. The van der Waals surface area contributed by atoms with Crippen molar-refractivity contribution in [3.05, 3.63) is 0 Å². The van der Waals surface area contributed by atoms with Gasteiger partial charge in [-0.2, -0.15) is 0 Å². The topological polar surface area (TPSA) is 53.6 Å². The molecule has 1 aliphatic rings. The summed E-state index contributed by atoms with van der Waals surface area (Å²) in [6, 6.07) is 0.0317. The van der Waals surface area contributed by atoms with Gasteiger partial charge in [0, 0.05) is 26.7 Å². The third-order valence-electron chi connectivity index (χ3n) is 2.85. The van der Waals surface area contributed by atoms with Crippen LogP contribution < -0.4 is 10.6 Å². The molecule has 0 bridgehead atoms. The van der Waals surface area contributed by atoms with Crippen LogP contribution in [0.1, 0.15) is 12.8 Å². The summed E-state index contributed by atoms with van der Waals surface area (Å²) < 4.78 is 4.98. The quantitative estimate of drug-likeness (QED) is 0.614. The normalized spacial score (nSPS) is 20.3. The minimum Gasteiger partial charge on any atom is -0.383 e. The fourth-order valence-corrected chi connectivity index (χ4v) is 1.76. The first-order valence-electron chi connectivity index (χ1n) is 5.92. The zero-order valence-electron chi connectivity index (χ0n) is 10.3. The van der Waals surface area contributed by atoms with E-state index in [1.807, 2.05) is 7.05 Å². The second-order valence-corrected chi connectivity index (χ2v) is 4.24. The van der Waals surface area contributed by atoms with E-state index in [2.05, 4.69) is 15.5 Å². The van der Waals surface area contributed by atoms with E-state index in [1.165, 1.54) is 0 Å². The summed E-state index contributed by atoms with van der Waals surface area (Å²) in [6.45, 7) is 4.16. The lowest BCUT2D eigenvalue weighted by Crippen LogP contribution is -2.43. The molecule has 5 heteroatoms. The zero-order chi connectivity index (χ0) is 11.8. The Balaban J connectivity index is 2.03. The SMILES string of the molecule is COCCN(C)CCNC(=O)C1CCCN1. The average molecular weight is 229 g/mol. The van der Waals surface area contributed by atoms with Gasteiger partial charge in [0.2, 0.25) is 5.91 Å². The van der Waals surface area contributed by atoms with Crippen molar-refractivity contribution >= 4 is 5.91 Å². The predicted octanol–water partition coefficient (Wildman–Crippen LogP) is -0.567. The highest BCUT2D eigenvalue weighted by Crippen LogP contribution is 2.03. The number of hydrogen-bond donors (Lipinski definition) is 2. The third-order valence-corrected chi connectivity index (χ3v) is 2.85. The molecular formula is C11H23N3O2. The highest BCUT2D eigenvalue weighted by molar-refractivity contribution is 5.81. The number of ether oxygens (including phenoxy) is 1. The van der Waals surface area contributed by atoms with Gasteiger partial charge in [-0.05, 0) is 26.4 Å². The average Bonchev–Trinajstić information content (AvgIpc) is 2.79. The molecule has 1 unspecified atom stereocenters. The number of methoxy groups -OCH3 is 1. The largest absolute Gasteiger partial charge is 0.383 e. The molecule has 0 spiro atoms. The molecule has 1 heterocycles. The van der Waals surface area contributed by atoms with Gasteiger partial charge in [-0.3, -0.25) is 4.79 Å². The van der Waals surface area contributed by atoms with Crippen LogP contribution in [0.3, 0.4) is 0 Å². The Hall–Kier alpha value is -0.650. The molecule has 0 aromatic rings. The molecule has 1 rings (SSSR count). The van der Waals surface area contributed by atoms with E-state index in [-0.39, 0.29) is 11.9 Å². The van der Waals surface area contributed by atoms with Gasteiger partial charge in [0.1, 0.15) is 0 Å². The molecule has 0 saturated carbocycles. The summed E-state index contributed by atoms with van der Waals surface area (Å²) in [6.07, 6.45) is 2.07. The van der Waals surface area contributed by atoms with Crippen molar-refractivity contribution in [2.75, 3.05) is 46.9 Å². The number of carbonyl (C=O) groups is 1. The van der Waals surface area contributed by atoms with E-state index in [1.54, 1.807) is 7.11 Å². The van der Waals surface area contributed by atoms with Gasteiger partial charge in [0.15, 0.2) is 0 Å². The van der Waals surface area contributed by atoms with Crippen molar-refractivity contribution in [1.82, 2.24) is 15.5 Å². The summed E-state index contributed by atoms with van der Waals surface area (Å²) >= 11 is 0. The first-order chi connectivity index (χ1) is 7.74. The Bertz CT molecular complexity index is 205. The van der Waals surface area contributed by atoms with Crippen LogP contribution >= 0.6 is 0 Å². The van der Waals surface area contributed by atoms with Crippen LogP contribution in [-0.2, 0) is 9.53 Å². The molecule has 0 aromatic heterocycles. The summed E-state index contributed by atoms with van der Waals surface area (Å²) in [7, 11) is 3.72. The predicted molar refractivity (Wildman–Crippen MR) is 63.4 cm³/mol. The lowest BCUT2D eigenvalue weighted by Gasteiger charge is -2.17. The van der Waals surface area contributed by atoms with Crippen LogP contribution in [0.5, 0.6) is 0 Å². The van der Waals surface area contributed by atoms with Crippen LogP contribution in [0.15, 0.2) is 0 Å². The number of nitrogens with zero attached hydrogens (tertiary/aromatic N) is 1. The molecule has 1 atom stereocenters. The van der Waals surface area contributed by atoms with E-state index in [0.29, 0.717) is 6.54 Å². The number of amides is 1. The van der Waals surface area contributed by atoms with Crippen LogP contribution in [-0.4, -0.2) is 63.8 Å². The first kappa shape index (κ1) is 13.4. The highest BCUT2D eigenvalue weighted by Gasteiger charge is 2.21. The second-order valence-electron chi connectivity index (χ2n) is 4.24. The molecule has 0 aliphatic carbocycles. The van der Waals surface area contributed by atoms with Crippen LogP contribution in [0, 0.1) is 0 Å². The highest BCUT2D eigenvalue weighted by atomic mass is 16.5. The Labute approximate surface area is 97.5 Å². The molecular weight excluding hydrogens is 206 g/mol. The van der Waals surface area contributed by atoms with E-state index in [4.69, 9.17) is 4.74 Å². The summed E-state index contributed by atoms with van der Waals surface area (Å²) in [5.74, 6) is 0.137. The van der Waals surface area contributed by atoms with Crippen molar-refractivity contribution in [1.29, 1.82) is 0 Å². The maximum atomic E-state index is 11.6. The molecule has 16 heavy (non-hydrogen) atoms. The number of carbonyl (C=O) groups excluding carboxylic acids is 1. The standard InChI is InChI=1S/C11H23N3O2/c1-14(8-9-16-2)7-6-13-11(15)10-4-3-5-12-10/h10,12H,3-9H2,1-2H3,(H,13,15). The number of rotatable bonds is 7. The van der Waals surface area contributed by atoms with E-state index in [0.717, 1.165) is 39.1 Å². The Morgan fingerprint density at radius 2 is 2.38 bits per heavy atom. The maximum absolute atomic E-state index is 11.6. The first-order valence-corrected chi connectivity index (χ1v) is 5.92. The molecule has 5 nitrogen and oxygen atoms in total. The smallest absolute Gasteiger partial charge is 0.237 e. The van der Waals surface area contributed by atoms with Crippen molar-refractivity contribution in [2.24, 2.45) is 0 Å². The fraction of sp³-hybridized carbons (Fsp3) is 0.909. The van der Waals surface area contributed by atoms with E-state index < -0.39 is 0 Å². The van der Waals surface area contributed by atoms with Crippen LogP contribution in [0.2, 0.25) is 0 Å². The van der Waals surface area contributed by atoms with Crippen molar-refractivity contribution in [2.45, 2.75) is 18.9 Å². The Kier molecular flexibility index (Phi) is 6.37. The lowest BCUT2D eigenvalue weighted by molar-refractivity contribution is -0.122. The molecule has 1 amide bonds. The molecule has 2 N–H and O–H groups in total. The maximum Gasteiger partial charge on any atom is 0.237 e. The zero-order valence-corrected chi connectivity index (χ0v) is 10.3. The van der Waals surface area contributed by atoms with Gasteiger partial charge >= 0.3 is 0 Å². The van der Waals surface area contributed by atoms with Crippen molar-refractivity contribution in [3.63, 3.8) is 0 Å². The lowest BCUT2D eigenvalue weighted by atomic mass is 10.2. The minimum absolute atomic E-state index is 0.0317. The molecule has 0 radical (unpaired) electrons. The second kappa shape index (κ2) is 7.60. The van der Waals surface area contributed by atoms with Crippen LogP contribution in [0.25, 0.3) is 0 Å². The van der Waals surface area contributed by atoms with E-state index in [9.17, 15) is 4.79 Å². The third kappa shape index (κ3) is 4.92. The summed E-state index contributed by atoms with van der Waals surface area (Å²) in [5, 5.41) is 6.13. The minimum atomic E-state index is 0.0317. The number of likely N-dealkylation sites (N-methyl/N-ethyl adjacent to an activating group) is 1. The molecule has 1 fully saturated rings. The Morgan fingerprint density at radius 3 is 3.00 bits per heavy atom. The number of nitrogens with one attached hydrogen (secondary N) is 2. The molecule has 0 aromatic carbocycles. The molecule has 1 aliphatic heterocycles. The van der Waals surface area contributed by atoms with Gasteiger partial charge in [0.05, 0.1) is 12.6 Å². The summed E-state index contributed by atoms with van der Waals surface area (Å²) in [5.41, 5.74) is 0. The monoisotopic (exact) mass is 229 g/mol. The molecule has 1 saturated heterocycles. The van der Waals surface area contributed by atoms with Crippen LogP contribution in [0.4, 0.5) is 0 Å². The van der Waals surface area contributed by atoms with Gasteiger partial charge in [-0.1, -0.05) is 0 Å². The number of hydrogen-bond acceptors (Lipinski definition) is 4. The van der Waals surface area contributed by atoms with Gasteiger partial charge in [-0.25, -0.2) is 0 Å². The fourth-order valence-electron chi connectivity index (χ4n) is 1.76.